The minimum absolute atomic E-state index is 0.0462. The van der Waals surface area contributed by atoms with Crippen molar-refractivity contribution in [2.45, 2.75) is 31.1 Å². The lowest BCUT2D eigenvalue weighted by Crippen LogP contribution is -2.23. The molecule has 1 N–H and O–H groups in total. The van der Waals surface area contributed by atoms with Crippen molar-refractivity contribution in [1.29, 1.82) is 0 Å². The third-order valence-electron chi connectivity index (χ3n) is 2.66. The first-order valence-corrected chi connectivity index (χ1v) is 7.73. The van der Waals surface area contributed by atoms with E-state index < -0.39 is 10.0 Å². The molecule has 0 atom stereocenters. The van der Waals surface area contributed by atoms with Crippen molar-refractivity contribution in [3.05, 3.63) is 42.5 Å². The van der Waals surface area contributed by atoms with Crippen LogP contribution < -0.4 is 4.72 Å². The molecule has 0 aromatic heterocycles. The molecule has 19 heavy (non-hydrogen) atoms. The number of benzene rings is 1. The summed E-state index contributed by atoms with van der Waals surface area (Å²) in [4.78, 5) is 11.9. The SMILES string of the molecule is C=CCNS(=O)(=O)c1ccc(C(=O)CCCC)cc1. The molecule has 0 saturated heterocycles. The molecule has 0 fully saturated rings. The standard InChI is InChI=1S/C14H19NO3S/c1-3-5-6-14(16)12-7-9-13(10-8-12)19(17,18)15-11-4-2/h4,7-10,15H,2-3,5-6,11H2,1H3. The summed E-state index contributed by atoms with van der Waals surface area (Å²) in [5.74, 6) is 0.0462. The van der Waals surface area contributed by atoms with Crippen molar-refractivity contribution in [3.63, 3.8) is 0 Å². The Morgan fingerprint density at radius 2 is 1.95 bits per heavy atom. The van der Waals surface area contributed by atoms with Gasteiger partial charge in [0, 0.05) is 18.5 Å². The Morgan fingerprint density at radius 3 is 2.47 bits per heavy atom. The van der Waals surface area contributed by atoms with Crippen LogP contribution in [0.5, 0.6) is 0 Å². The predicted molar refractivity (Wildman–Crippen MR) is 75.7 cm³/mol. The third kappa shape index (κ3) is 4.61. The van der Waals surface area contributed by atoms with Gasteiger partial charge >= 0.3 is 0 Å². The number of hydrogen-bond donors (Lipinski definition) is 1. The summed E-state index contributed by atoms with van der Waals surface area (Å²) < 4.78 is 26.0. The first-order valence-electron chi connectivity index (χ1n) is 6.25. The van der Waals surface area contributed by atoms with Gasteiger partial charge in [-0.1, -0.05) is 31.6 Å². The molecule has 0 radical (unpaired) electrons. The number of carbonyl (C=O) groups is 1. The molecule has 1 aromatic rings. The van der Waals surface area contributed by atoms with Crippen LogP contribution in [0.4, 0.5) is 0 Å². The van der Waals surface area contributed by atoms with Crippen LogP contribution in [0, 0.1) is 0 Å². The number of unbranched alkanes of at least 4 members (excludes halogenated alkanes) is 1. The van der Waals surface area contributed by atoms with E-state index in [0.29, 0.717) is 12.0 Å². The van der Waals surface area contributed by atoms with E-state index >= 15 is 0 Å². The fraction of sp³-hybridized carbons (Fsp3) is 0.357. The van der Waals surface area contributed by atoms with Crippen LogP contribution in [0.3, 0.4) is 0 Å². The number of carbonyl (C=O) groups excluding carboxylic acids is 1. The highest BCUT2D eigenvalue weighted by Gasteiger charge is 2.13. The molecule has 0 aliphatic rings. The largest absolute Gasteiger partial charge is 0.294 e. The maximum absolute atomic E-state index is 11.8. The molecule has 0 unspecified atom stereocenters. The van der Waals surface area contributed by atoms with Gasteiger partial charge in [-0.15, -0.1) is 6.58 Å². The van der Waals surface area contributed by atoms with E-state index in [-0.39, 0.29) is 17.2 Å². The number of ketones is 1. The van der Waals surface area contributed by atoms with Gasteiger partial charge in [-0.05, 0) is 18.6 Å². The molecule has 0 spiro atoms. The second-order valence-electron chi connectivity index (χ2n) is 4.19. The molecular formula is C14H19NO3S. The maximum Gasteiger partial charge on any atom is 0.240 e. The van der Waals surface area contributed by atoms with Crippen LogP contribution in [-0.2, 0) is 10.0 Å². The zero-order valence-electron chi connectivity index (χ0n) is 11.1. The summed E-state index contributed by atoms with van der Waals surface area (Å²) in [7, 11) is -3.51. The van der Waals surface area contributed by atoms with Gasteiger partial charge in [0.05, 0.1) is 4.90 Å². The second kappa shape index (κ2) is 7.21. The molecule has 5 heteroatoms. The van der Waals surface area contributed by atoms with E-state index in [1.807, 2.05) is 6.92 Å². The van der Waals surface area contributed by atoms with Crippen molar-refractivity contribution >= 4 is 15.8 Å². The van der Waals surface area contributed by atoms with Crippen LogP contribution in [-0.4, -0.2) is 20.7 Å². The smallest absolute Gasteiger partial charge is 0.240 e. The van der Waals surface area contributed by atoms with Crippen molar-refractivity contribution in [3.8, 4) is 0 Å². The molecule has 0 heterocycles. The van der Waals surface area contributed by atoms with E-state index in [1.54, 1.807) is 12.1 Å². The molecule has 0 bridgehead atoms. The number of Topliss-reactive ketones (excluding diaryl/α,β-unsaturated/α-hetero) is 1. The number of hydrogen-bond acceptors (Lipinski definition) is 3. The van der Waals surface area contributed by atoms with Gasteiger partial charge in [0.25, 0.3) is 0 Å². The fourth-order valence-corrected chi connectivity index (χ4v) is 2.55. The highest BCUT2D eigenvalue weighted by molar-refractivity contribution is 7.89. The molecule has 0 aliphatic carbocycles. The lowest BCUT2D eigenvalue weighted by Gasteiger charge is -2.05. The molecule has 1 rings (SSSR count). The van der Waals surface area contributed by atoms with E-state index in [9.17, 15) is 13.2 Å². The predicted octanol–water partition coefficient (Wildman–Crippen LogP) is 2.52. The quantitative estimate of drug-likeness (QED) is 0.588. The average Bonchev–Trinajstić information content (AvgIpc) is 2.42. The average molecular weight is 281 g/mol. The van der Waals surface area contributed by atoms with Gasteiger partial charge in [0.2, 0.25) is 10.0 Å². The third-order valence-corrected chi connectivity index (χ3v) is 4.10. The van der Waals surface area contributed by atoms with E-state index in [4.69, 9.17) is 0 Å². The second-order valence-corrected chi connectivity index (χ2v) is 5.96. The summed E-state index contributed by atoms with van der Waals surface area (Å²) in [6.07, 6.45) is 3.78. The molecule has 1 aromatic carbocycles. The number of rotatable bonds is 8. The van der Waals surface area contributed by atoms with Crippen molar-refractivity contribution in [1.82, 2.24) is 4.72 Å². The van der Waals surface area contributed by atoms with E-state index in [0.717, 1.165) is 12.8 Å². The maximum atomic E-state index is 11.8. The van der Waals surface area contributed by atoms with Gasteiger partial charge in [0.15, 0.2) is 5.78 Å². The van der Waals surface area contributed by atoms with Gasteiger partial charge in [0.1, 0.15) is 0 Å². The van der Waals surface area contributed by atoms with E-state index in [1.165, 1.54) is 18.2 Å². The van der Waals surface area contributed by atoms with Crippen LogP contribution in [0.25, 0.3) is 0 Å². The van der Waals surface area contributed by atoms with Crippen molar-refractivity contribution < 1.29 is 13.2 Å². The monoisotopic (exact) mass is 281 g/mol. The Balaban J connectivity index is 2.81. The Labute approximate surface area is 114 Å². The lowest BCUT2D eigenvalue weighted by molar-refractivity contribution is 0.0979. The molecule has 104 valence electrons. The van der Waals surface area contributed by atoms with Gasteiger partial charge in [-0.25, -0.2) is 13.1 Å². The fourth-order valence-electron chi connectivity index (χ4n) is 1.55. The normalized spacial score (nSPS) is 11.2. The molecule has 0 amide bonds. The summed E-state index contributed by atoms with van der Waals surface area (Å²) in [6.45, 7) is 5.65. The molecule has 4 nitrogen and oxygen atoms in total. The summed E-state index contributed by atoms with van der Waals surface area (Å²) in [5, 5.41) is 0. The molecule has 0 aliphatic heterocycles. The topological polar surface area (TPSA) is 63.2 Å². The molecule has 0 saturated carbocycles. The number of sulfonamides is 1. The Kier molecular flexibility index (Phi) is 5.92. The highest BCUT2D eigenvalue weighted by atomic mass is 32.2. The van der Waals surface area contributed by atoms with E-state index in [2.05, 4.69) is 11.3 Å². The summed E-state index contributed by atoms with van der Waals surface area (Å²) in [5.41, 5.74) is 0.552. The van der Waals surface area contributed by atoms with Gasteiger partial charge < -0.3 is 0 Å². The van der Waals surface area contributed by atoms with Crippen LogP contribution in [0.2, 0.25) is 0 Å². The highest BCUT2D eigenvalue weighted by Crippen LogP contribution is 2.13. The van der Waals surface area contributed by atoms with Gasteiger partial charge in [-0.2, -0.15) is 0 Å². The van der Waals surface area contributed by atoms with Crippen molar-refractivity contribution in [2.75, 3.05) is 6.54 Å². The van der Waals surface area contributed by atoms with Crippen LogP contribution >= 0.6 is 0 Å². The minimum atomic E-state index is -3.51. The lowest BCUT2D eigenvalue weighted by atomic mass is 10.1. The van der Waals surface area contributed by atoms with Crippen molar-refractivity contribution in [2.24, 2.45) is 0 Å². The zero-order chi connectivity index (χ0) is 14.3. The first kappa shape index (κ1) is 15.6. The number of nitrogens with one attached hydrogen (secondary N) is 1. The Bertz CT molecular complexity index is 532. The summed E-state index contributed by atoms with van der Waals surface area (Å²) >= 11 is 0. The Hall–Kier alpha value is -1.46. The van der Waals surface area contributed by atoms with Gasteiger partial charge in [-0.3, -0.25) is 4.79 Å². The minimum Gasteiger partial charge on any atom is -0.294 e. The molecular weight excluding hydrogens is 262 g/mol. The van der Waals surface area contributed by atoms with Crippen LogP contribution in [0.15, 0.2) is 41.8 Å². The summed E-state index contributed by atoms with van der Waals surface area (Å²) in [6, 6.07) is 6.01. The zero-order valence-corrected chi connectivity index (χ0v) is 11.9. The van der Waals surface area contributed by atoms with Crippen LogP contribution in [0.1, 0.15) is 36.5 Å². The Morgan fingerprint density at radius 1 is 1.32 bits per heavy atom. The first-order chi connectivity index (χ1) is 9.01.